The fraction of sp³-hybridized carbons (Fsp3) is 0.444. The number of ether oxygens (including phenoxy) is 1. The molecule has 2 aliphatic carbocycles. The summed E-state index contributed by atoms with van der Waals surface area (Å²) >= 11 is 0. The molecule has 3 fully saturated rings. The number of methoxy groups -OCH3 is 1. The molecule has 0 spiro atoms. The van der Waals surface area contributed by atoms with Crippen molar-refractivity contribution in [3.05, 3.63) is 54.1 Å². The van der Waals surface area contributed by atoms with Crippen LogP contribution in [0, 0.1) is 11.8 Å². The normalized spacial score (nSPS) is 23.7. The zero-order chi connectivity index (χ0) is 23.7. The van der Waals surface area contributed by atoms with E-state index in [9.17, 15) is 14.4 Å². The van der Waals surface area contributed by atoms with Gasteiger partial charge in [-0.2, -0.15) is 0 Å². The van der Waals surface area contributed by atoms with Gasteiger partial charge >= 0.3 is 0 Å². The fourth-order valence-electron chi connectivity index (χ4n) is 5.44. The SMILES string of the molecule is COc1ccccc1C(=O)N1C(C(=O)Nc2cccc(NC(=O)C3CC3)c2)CC2CCCCC21. The summed E-state index contributed by atoms with van der Waals surface area (Å²) in [6, 6.07) is 13.9. The Balaban J connectivity index is 1.37. The summed E-state index contributed by atoms with van der Waals surface area (Å²) in [6.07, 6.45) is 6.67. The van der Waals surface area contributed by atoms with E-state index in [0.717, 1.165) is 38.5 Å². The second-order valence-corrected chi connectivity index (χ2v) is 9.61. The minimum atomic E-state index is -0.546. The number of hydrogen-bond acceptors (Lipinski definition) is 4. The highest BCUT2D eigenvalue weighted by Crippen LogP contribution is 2.41. The zero-order valence-corrected chi connectivity index (χ0v) is 19.5. The van der Waals surface area contributed by atoms with Crippen LogP contribution in [0.2, 0.25) is 0 Å². The number of rotatable bonds is 6. The maximum atomic E-state index is 13.7. The smallest absolute Gasteiger partial charge is 0.258 e. The molecule has 0 bridgehead atoms. The highest BCUT2D eigenvalue weighted by atomic mass is 16.5. The summed E-state index contributed by atoms with van der Waals surface area (Å²) in [5.41, 5.74) is 1.76. The molecule has 2 aromatic carbocycles. The predicted molar refractivity (Wildman–Crippen MR) is 130 cm³/mol. The number of carbonyl (C=O) groups excluding carboxylic acids is 3. The van der Waals surface area contributed by atoms with Crippen LogP contribution in [0.15, 0.2) is 48.5 Å². The molecule has 2 N–H and O–H groups in total. The molecule has 1 heterocycles. The van der Waals surface area contributed by atoms with Crippen molar-refractivity contribution >= 4 is 29.1 Å². The molecule has 2 aromatic rings. The lowest BCUT2D eigenvalue weighted by molar-refractivity contribution is -0.120. The molecule has 0 aromatic heterocycles. The van der Waals surface area contributed by atoms with E-state index in [0.29, 0.717) is 35.0 Å². The molecule has 34 heavy (non-hydrogen) atoms. The van der Waals surface area contributed by atoms with E-state index in [4.69, 9.17) is 4.74 Å². The first-order chi connectivity index (χ1) is 16.5. The van der Waals surface area contributed by atoms with Gasteiger partial charge in [-0.25, -0.2) is 0 Å². The minimum absolute atomic E-state index is 0.0249. The molecule has 1 saturated heterocycles. The maximum Gasteiger partial charge on any atom is 0.258 e. The Labute approximate surface area is 199 Å². The lowest BCUT2D eigenvalue weighted by Gasteiger charge is -2.34. The Morgan fingerprint density at radius 2 is 1.59 bits per heavy atom. The molecule has 0 radical (unpaired) electrons. The van der Waals surface area contributed by atoms with Crippen LogP contribution in [-0.4, -0.2) is 41.8 Å². The summed E-state index contributed by atoms with van der Waals surface area (Å²) in [5, 5.41) is 5.92. The first-order valence-corrected chi connectivity index (χ1v) is 12.2. The largest absolute Gasteiger partial charge is 0.496 e. The topological polar surface area (TPSA) is 87.7 Å². The third kappa shape index (κ3) is 4.52. The summed E-state index contributed by atoms with van der Waals surface area (Å²) in [4.78, 5) is 41.1. The first kappa shape index (κ1) is 22.4. The fourth-order valence-corrected chi connectivity index (χ4v) is 5.44. The van der Waals surface area contributed by atoms with Crippen molar-refractivity contribution < 1.29 is 19.1 Å². The maximum absolute atomic E-state index is 13.7. The highest BCUT2D eigenvalue weighted by molar-refractivity contribution is 6.03. The number of carbonyl (C=O) groups is 3. The van der Waals surface area contributed by atoms with E-state index >= 15 is 0 Å². The Morgan fingerprint density at radius 3 is 2.32 bits per heavy atom. The van der Waals surface area contributed by atoms with Gasteiger partial charge < -0.3 is 20.3 Å². The molecule has 1 aliphatic heterocycles. The highest BCUT2D eigenvalue weighted by Gasteiger charge is 2.48. The Kier molecular flexibility index (Phi) is 6.26. The Hall–Kier alpha value is -3.35. The third-order valence-electron chi connectivity index (χ3n) is 7.31. The van der Waals surface area contributed by atoms with Gasteiger partial charge in [-0.1, -0.05) is 31.0 Å². The van der Waals surface area contributed by atoms with Gasteiger partial charge in [0.15, 0.2) is 0 Å². The van der Waals surface area contributed by atoms with Gasteiger partial charge in [-0.15, -0.1) is 0 Å². The summed E-state index contributed by atoms with van der Waals surface area (Å²) in [6.45, 7) is 0. The monoisotopic (exact) mass is 461 g/mol. The zero-order valence-electron chi connectivity index (χ0n) is 19.5. The Bertz CT molecular complexity index is 1100. The summed E-state index contributed by atoms with van der Waals surface area (Å²) in [7, 11) is 1.55. The predicted octanol–water partition coefficient (Wildman–Crippen LogP) is 4.46. The number of nitrogens with zero attached hydrogens (tertiary/aromatic N) is 1. The average molecular weight is 462 g/mol. The summed E-state index contributed by atoms with van der Waals surface area (Å²) in [5.74, 6) is 0.629. The lowest BCUT2D eigenvalue weighted by Crippen LogP contribution is -2.48. The van der Waals surface area contributed by atoms with Crippen molar-refractivity contribution in [1.29, 1.82) is 0 Å². The van der Waals surface area contributed by atoms with Crippen molar-refractivity contribution in [2.24, 2.45) is 11.8 Å². The van der Waals surface area contributed by atoms with Crippen LogP contribution in [0.1, 0.15) is 55.3 Å². The van der Waals surface area contributed by atoms with Crippen LogP contribution < -0.4 is 15.4 Å². The molecular weight excluding hydrogens is 430 g/mol. The van der Waals surface area contributed by atoms with Gasteiger partial charge in [0.2, 0.25) is 11.8 Å². The van der Waals surface area contributed by atoms with Crippen LogP contribution in [0.25, 0.3) is 0 Å². The van der Waals surface area contributed by atoms with Crippen molar-refractivity contribution in [1.82, 2.24) is 4.90 Å². The Morgan fingerprint density at radius 1 is 0.882 bits per heavy atom. The molecule has 7 nitrogen and oxygen atoms in total. The number of anilines is 2. The summed E-state index contributed by atoms with van der Waals surface area (Å²) < 4.78 is 5.44. The van der Waals surface area contributed by atoms with E-state index in [2.05, 4.69) is 10.6 Å². The van der Waals surface area contributed by atoms with Gasteiger partial charge in [0.1, 0.15) is 11.8 Å². The average Bonchev–Trinajstić information content (AvgIpc) is 3.64. The molecule has 3 unspecified atom stereocenters. The molecule has 3 aliphatic rings. The van der Waals surface area contributed by atoms with Crippen LogP contribution >= 0.6 is 0 Å². The number of benzene rings is 2. The van der Waals surface area contributed by atoms with Crippen molar-refractivity contribution in [2.75, 3.05) is 17.7 Å². The number of fused-ring (bicyclic) bond motifs is 1. The van der Waals surface area contributed by atoms with Crippen LogP contribution in [0.3, 0.4) is 0 Å². The van der Waals surface area contributed by atoms with Gasteiger partial charge in [-0.3, -0.25) is 14.4 Å². The molecule has 2 saturated carbocycles. The van der Waals surface area contributed by atoms with Crippen molar-refractivity contribution in [3.63, 3.8) is 0 Å². The van der Waals surface area contributed by atoms with Gasteiger partial charge in [0, 0.05) is 23.3 Å². The number of para-hydroxylation sites is 1. The molecular formula is C27H31N3O4. The van der Waals surface area contributed by atoms with Gasteiger partial charge in [0.05, 0.1) is 12.7 Å². The second kappa shape index (κ2) is 9.49. The van der Waals surface area contributed by atoms with Crippen LogP contribution in [-0.2, 0) is 9.59 Å². The number of likely N-dealkylation sites (tertiary alicyclic amines) is 1. The number of hydrogen-bond donors (Lipinski definition) is 2. The number of amides is 3. The minimum Gasteiger partial charge on any atom is -0.496 e. The number of nitrogens with one attached hydrogen (secondary N) is 2. The van der Waals surface area contributed by atoms with E-state index in [1.807, 2.05) is 24.3 Å². The lowest BCUT2D eigenvalue weighted by atomic mass is 9.84. The van der Waals surface area contributed by atoms with Gasteiger partial charge in [0.25, 0.3) is 5.91 Å². The molecule has 3 atom stereocenters. The van der Waals surface area contributed by atoms with Crippen molar-refractivity contribution in [2.45, 2.75) is 57.0 Å². The van der Waals surface area contributed by atoms with E-state index in [-0.39, 0.29) is 29.7 Å². The molecule has 3 amide bonds. The van der Waals surface area contributed by atoms with Crippen LogP contribution in [0.4, 0.5) is 11.4 Å². The molecule has 5 rings (SSSR count). The molecule has 178 valence electrons. The first-order valence-electron chi connectivity index (χ1n) is 12.2. The standard InChI is InChI=1S/C27H31N3O4/c1-34-24-12-5-3-10-21(24)27(33)30-22-11-4-2-7-18(22)15-23(30)26(32)29-20-9-6-8-19(16-20)28-25(31)17-13-14-17/h3,5-6,8-10,12,16-18,22-23H,2,4,7,11,13-15H2,1H3,(H,28,31)(H,29,32). The third-order valence-corrected chi connectivity index (χ3v) is 7.31. The van der Waals surface area contributed by atoms with Gasteiger partial charge in [-0.05, 0) is 68.4 Å². The van der Waals surface area contributed by atoms with Crippen LogP contribution in [0.5, 0.6) is 5.75 Å². The van der Waals surface area contributed by atoms with E-state index in [1.54, 1.807) is 36.3 Å². The van der Waals surface area contributed by atoms with E-state index in [1.165, 1.54) is 0 Å². The molecule has 7 heteroatoms. The van der Waals surface area contributed by atoms with E-state index < -0.39 is 6.04 Å². The van der Waals surface area contributed by atoms with Crippen molar-refractivity contribution in [3.8, 4) is 5.75 Å². The second-order valence-electron chi connectivity index (χ2n) is 9.61. The quantitative estimate of drug-likeness (QED) is 0.665.